The molecule has 0 heterocycles. The molecule has 2 aliphatic rings. The molecule has 2 fully saturated rings. The lowest BCUT2D eigenvalue weighted by Crippen LogP contribution is -2.48. The number of halogens is 1. The van der Waals surface area contributed by atoms with Crippen LogP contribution >= 0.6 is 15.9 Å². The molecule has 2 bridgehead atoms. The second-order valence-electron chi connectivity index (χ2n) is 5.51. The highest BCUT2D eigenvalue weighted by atomic mass is 79.9. The lowest BCUT2D eigenvalue weighted by molar-refractivity contribution is -0.555. The van der Waals surface area contributed by atoms with Crippen LogP contribution in [0.3, 0.4) is 0 Å². The molecule has 0 amide bonds. The van der Waals surface area contributed by atoms with Crippen LogP contribution in [0, 0.1) is 26.9 Å². The standard InChI is InChI=1S/C10H16BrNO2/c1-8(2)7-4-5-9(8,3)10(11,6-7)12(13)14/h7H,4-6H2,1-3H3/t7-,9-,10?/m0/s1. The molecule has 3 atom stereocenters. The minimum absolute atomic E-state index is 0.0869. The van der Waals surface area contributed by atoms with E-state index in [2.05, 4.69) is 36.7 Å². The quantitative estimate of drug-likeness (QED) is 0.315. The summed E-state index contributed by atoms with van der Waals surface area (Å²) in [6.45, 7) is 6.42. The van der Waals surface area contributed by atoms with Crippen molar-refractivity contribution in [2.45, 2.75) is 44.5 Å². The summed E-state index contributed by atoms with van der Waals surface area (Å²) in [5.41, 5.74) is -0.113. The largest absolute Gasteiger partial charge is 0.280 e. The predicted molar refractivity (Wildman–Crippen MR) is 57.9 cm³/mol. The summed E-state index contributed by atoms with van der Waals surface area (Å²) in [6, 6.07) is 0. The van der Waals surface area contributed by atoms with Crippen LogP contribution < -0.4 is 0 Å². The molecular formula is C10H16BrNO2. The fourth-order valence-corrected chi connectivity index (χ4v) is 4.57. The number of fused-ring (bicyclic) bond motifs is 2. The molecule has 1 unspecified atom stereocenters. The molecule has 2 aliphatic carbocycles. The first kappa shape index (κ1) is 10.4. The molecule has 0 saturated heterocycles. The Balaban J connectivity index is 2.50. The summed E-state index contributed by atoms with van der Waals surface area (Å²) in [5.74, 6) is 0.497. The van der Waals surface area contributed by atoms with E-state index in [-0.39, 0.29) is 15.8 Å². The molecule has 0 radical (unpaired) electrons. The maximum Gasteiger partial charge on any atom is 0.280 e. The molecule has 80 valence electrons. The van der Waals surface area contributed by atoms with Crippen molar-refractivity contribution in [3.8, 4) is 0 Å². The first-order valence-corrected chi connectivity index (χ1v) is 5.88. The van der Waals surface area contributed by atoms with Crippen molar-refractivity contribution in [2.75, 3.05) is 0 Å². The SMILES string of the molecule is CC1(C)[C@H]2CC[C@]1(C)C(Br)([N+](=O)[O-])C2. The van der Waals surface area contributed by atoms with Gasteiger partial charge in [0, 0.05) is 27.3 Å². The van der Waals surface area contributed by atoms with E-state index < -0.39 is 4.45 Å². The van der Waals surface area contributed by atoms with Gasteiger partial charge in [-0.15, -0.1) is 0 Å². The average Bonchev–Trinajstić information content (AvgIpc) is 2.36. The van der Waals surface area contributed by atoms with Gasteiger partial charge in [-0.2, -0.15) is 0 Å². The average molecular weight is 262 g/mol. The van der Waals surface area contributed by atoms with Crippen LogP contribution in [0.4, 0.5) is 0 Å². The van der Waals surface area contributed by atoms with E-state index in [1.54, 1.807) is 0 Å². The molecular weight excluding hydrogens is 246 g/mol. The Morgan fingerprint density at radius 2 is 2.00 bits per heavy atom. The van der Waals surface area contributed by atoms with Gasteiger partial charge in [-0.25, -0.2) is 0 Å². The van der Waals surface area contributed by atoms with Gasteiger partial charge in [0.2, 0.25) is 0 Å². The zero-order valence-corrected chi connectivity index (χ0v) is 10.4. The maximum absolute atomic E-state index is 11.2. The van der Waals surface area contributed by atoms with E-state index in [1.165, 1.54) is 0 Å². The summed E-state index contributed by atoms with van der Waals surface area (Å²) in [4.78, 5) is 11.0. The Morgan fingerprint density at radius 1 is 1.43 bits per heavy atom. The highest BCUT2D eigenvalue weighted by molar-refractivity contribution is 9.10. The molecule has 2 rings (SSSR count). The van der Waals surface area contributed by atoms with Crippen molar-refractivity contribution in [1.29, 1.82) is 0 Å². The van der Waals surface area contributed by atoms with Crippen molar-refractivity contribution in [3.63, 3.8) is 0 Å². The normalized spacial score (nSPS) is 49.6. The van der Waals surface area contributed by atoms with Gasteiger partial charge >= 0.3 is 0 Å². The van der Waals surface area contributed by atoms with E-state index in [0.717, 1.165) is 12.8 Å². The number of rotatable bonds is 1. The van der Waals surface area contributed by atoms with Crippen LogP contribution in [-0.2, 0) is 0 Å². The summed E-state index contributed by atoms with van der Waals surface area (Å²) in [6.07, 6.45) is 2.80. The minimum Gasteiger partial charge on any atom is -0.263 e. The summed E-state index contributed by atoms with van der Waals surface area (Å²) >= 11 is 3.40. The van der Waals surface area contributed by atoms with Gasteiger partial charge in [0.05, 0.1) is 5.41 Å². The fourth-order valence-electron chi connectivity index (χ4n) is 3.47. The molecule has 3 nitrogen and oxygen atoms in total. The number of hydrogen-bond acceptors (Lipinski definition) is 2. The number of alkyl halides is 1. The predicted octanol–water partition coefficient (Wildman–Crippen LogP) is 3.20. The Hall–Kier alpha value is -0.120. The van der Waals surface area contributed by atoms with Gasteiger partial charge in [-0.3, -0.25) is 10.1 Å². The van der Waals surface area contributed by atoms with Gasteiger partial charge in [-0.1, -0.05) is 20.8 Å². The number of hydrogen-bond donors (Lipinski definition) is 0. The molecule has 0 spiro atoms. The third kappa shape index (κ3) is 0.841. The van der Waals surface area contributed by atoms with Crippen molar-refractivity contribution in [2.24, 2.45) is 16.7 Å². The van der Waals surface area contributed by atoms with Crippen molar-refractivity contribution >= 4 is 15.9 Å². The molecule has 0 N–H and O–H groups in total. The van der Waals surface area contributed by atoms with Gasteiger partial charge in [0.15, 0.2) is 0 Å². The van der Waals surface area contributed by atoms with Crippen LogP contribution in [0.5, 0.6) is 0 Å². The third-order valence-corrected chi connectivity index (χ3v) is 6.58. The highest BCUT2D eigenvalue weighted by Gasteiger charge is 2.74. The lowest BCUT2D eigenvalue weighted by Gasteiger charge is -2.38. The monoisotopic (exact) mass is 261 g/mol. The maximum atomic E-state index is 11.2. The lowest BCUT2D eigenvalue weighted by atomic mass is 9.69. The topological polar surface area (TPSA) is 43.1 Å². The smallest absolute Gasteiger partial charge is 0.263 e. The van der Waals surface area contributed by atoms with Crippen molar-refractivity contribution in [3.05, 3.63) is 10.1 Å². The Kier molecular flexibility index (Phi) is 1.87. The first-order valence-electron chi connectivity index (χ1n) is 5.09. The van der Waals surface area contributed by atoms with Crippen LogP contribution in [-0.4, -0.2) is 9.37 Å². The fraction of sp³-hybridized carbons (Fsp3) is 1.00. The molecule has 0 aromatic heterocycles. The van der Waals surface area contributed by atoms with Gasteiger partial charge in [0.25, 0.3) is 4.45 Å². The molecule has 2 saturated carbocycles. The van der Waals surface area contributed by atoms with E-state index in [0.29, 0.717) is 12.3 Å². The zero-order chi connectivity index (χ0) is 10.8. The first-order chi connectivity index (χ1) is 6.26. The van der Waals surface area contributed by atoms with E-state index >= 15 is 0 Å². The second-order valence-corrected chi connectivity index (χ2v) is 6.82. The Bertz CT molecular complexity index is 304. The van der Waals surface area contributed by atoms with Gasteiger partial charge in [0.1, 0.15) is 0 Å². The summed E-state index contributed by atoms with van der Waals surface area (Å²) in [5, 5.41) is 11.2. The van der Waals surface area contributed by atoms with Crippen molar-refractivity contribution in [1.82, 2.24) is 0 Å². The van der Waals surface area contributed by atoms with Crippen LogP contribution in [0.1, 0.15) is 40.0 Å². The highest BCUT2D eigenvalue weighted by Crippen LogP contribution is 2.72. The second kappa shape index (κ2) is 2.52. The molecule has 0 aromatic rings. The molecule has 0 aromatic carbocycles. The molecule has 0 aliphatic heterocycles. The third-order valence-electron chi connectivity index (χ3n) is 5.09. The van der Waals surface area contributed by atoms with Crippen molar-refractivity contribution < 1.29 is 4.92 Å². The van der Waals surface area contributed by atoms with Crippen LogP contribution in [0.25, 0.3) is 0 Å². The van der Waals surface area contributed by atoms with Gasteiger partial charge < -0.3 is 0 Å². The van der Waals surface area contributed by atoms with Crippen LogP contribution in [0.2, 0.25) is 0 Å². The summed E-state index contributed by atoms with van der Waals surface area (Å²) < 4.78 is -0.883. The van der Waals surface area contributed by atoms with E-state index in [1.807, 2.05) is 0 Å². The number of nitrogens with zero attached hydrogens (tertiary/aromatic N) is 1. The number of nitro groups is 1. The molecule has 4 heteroatoms. The van der Waals surface area contributed by atoms with Crippen LogP contribution in [0.15, 0.2) is 0 Å². The minimum atomic E-state index is -0.883. The van der Waals surface area contributed by atoms with E-state index in [4.69, 9.17) is 0 Å². The Labute approximate surface area is 92.5 Å². The van der Waals surface area contributed by atoms with E-state index in [9.17, 15) is 10.1 Å². The van der Waals surface area contributed by atoms with Gasteiger partial charge in [-0.05, 0) is 24.2 Å². The zero-order valence-electron chi connectivity index (χ0n) is 8.84. The molecule has 14 heavy (non-hydrogen) atoms. The Morgan fingerprint density at radius 3 is 2.21 bits per heavy atom. The summed E-state index contributed by atoms with van der Waals surface area (Å²) in [7, 11) is 0.